The minimum Gasteiger partial charge on any atom is -0.261 e. The van der Waals surface area contributed by atoms with Crippen LogP contribution in [0.1, 0.15) is 28.8 Å². The fraction of sp³-hybridized carbons (Fsp3) is 0.235. The number of aryl methyl sites for hydroxylation is 2. The molecule has 1 N–H and O–H groups in total. The Morgan fingerprint density at radius 3 is 3.00 bits per heavy atom. The van der Waals surface area contributed by atoms with Gasteiger partial charge >= 0.3 is 0 Å². The number of halogens is 2. The maximum atomic E-state index is 13.8. The van der Waals surface area contributed by atoms with E-state index in [1.807, 2.05) is 0 Å². The van der Waals surface area contributed by atoms with Crippen LogP contribution in [0.15, 0.2) is 29.6 Å². The molecule has 1 aliphatic carbocycles. The molecule has 0 spiro atoms. The first-order valence-corrected chi connectivity index (χ1v) is 8.92. The van der Waals surface area contributed by atoms with E-state index in [9.17, 15) is 4.39 Å². The maximum Gasteiger partial charge on any atom is 0.158 e. The van der Waals surface area contributed by atoms with Crippen LogP contribution >= 0.6 is 22.9 Å². The van der Waals surface area contributed by atoms with E-state index in [0.29, 0.717) is 10.8 Å². The lowest BCUT2D eigenvalue weighted by molar-refractivity contribution is 0.626. The van der Waals surface area contributed by atoms with Gasteiger partial charge in [-0.25, -0.2) is 14.4 Å². The predicted molar refractivity (Wildman–Crippen MR) is 96.7 cm³/mol. The highest BCUT2D eigenvalue weighted by molar-refractivity contribution is 7.19. The number of nitrogens with one attached hydrogen (secondary N) is 1. The van der Waals surface area contributed by atoms with Crippen LogP contribution in [0.25, 0.3) is 10.2 Å². The van der Waals surface area contributed by atoms with E-state index in [1.165, 1.54) is 41.9 Å². The number of hydrogen-bond donors (Lipinski definition) is 1. The standard InChI is InChI=1S/C17H14ClFN4S/c18-12-5-3-6-13(19)11(12)8-22-23-16-15-10-4-1-2-7-14(10)24-17(15)21-9-20-16/h3,5-6,8-9H,1-2,4,7H2,(H,20,21,23)/b22-8+. The second kappa shape index (κ2) is 6.45. The van der Waals surface area contributed by atoms with Crippen molar-refractivity contribution in [2.24, 2.45) is 5.10 Å². The third-order valence-corrected chi connectivity index (χ3v) is 5.64. The van der Waals surface area contributed by atoms with E-state index >= 15 is 0 Å². The van der Waals surface area contributed by atoms with E-state index in [4.69, 9.17) is 11.6 Å². The Bertz CT molecular complexity index is 917. The zero-order valence-electron chi connectivity index (χ0n) is 12.7. The van der Waals surface area contributed by atoms with Gasteiger partial charge in [-0.3, -0.25) is 5.43 Å². The average molecular weight is 361 g/mol. The number of hydrazone groups is 1. The average Bonchev–Trinajstić information content (AvgIpc) is 2.97. The van der Waals surface area contributed by atoms with Crippen molar-refractivity contribution in [2.75, 3.05) is 5.43 Å². The molecule has 2 heterocycles. The summed E-state index contributed by atoms with van der Waals surface area (Å²) in [5.74, 6) is 0.247. The van der Waals surface area contributed by atoms with Gasteiger partial charge in [0.1, 0.15) is 17.0 Å². The van der Waals surface area contributed by atoms with Crippen LogP contribution < -0.4 is 5.43 Å². The van der Waals surface area contributed by atoms with Gasteiger partial charge in [0.05, 0.1) is 16.6 Å². The third kappa shape index (κ3) is 2.76. The number of benzene rings is 1. The van der Waals surface area contributed by atoms with Gasteiger partial charge < -0.3 is 0 Å². The highest BCUT2D eigenvalue weighted by Gasteiger charge is 2.19. The van der Waals surface area contributed by atoms with Crippen molar-refractivity contribution in [2.45, 2.75) is 25.7 Å². The normalized spacial score (nSPS) is 14.2. The molecule has 122 valence electrons. The van der Waals surface area contributed by atoms with Gasteiger partial charge in [-0.15, -0.1) is 11.3 Å². The molecule has 0 saturated heterocycles. The summed E-state index contributed by atoms with van der Waals surface area (Å²) in [5, 5.41) is 5.48. The molecule has 0 saturated carbocycles. The minimum absolute atomic E-state index is 0.254. The van der Waals surface area contributed by atoms with Crippen molar-refractivity contribution in [1.29, 1.82) is 0 Å². The van der Waals surface area contributed by atoms with Crippen molar-refractivity contribution in [3.05, 3.63) is 51.4 Å². The summed E-state index contributed by atoms with van der Waals surface area (Å²) in [6.07, 6.45) is 7.45. The van der Waals surface area contributed by atoms with Crippen molar-refractivity contribution in [1.82, 2.24) is 9.97 Å². The molecule has 0 radical (unpaired) electrons. The quantitative estimate of drug-likeness (QED) is 0.538. The first kappa shape index (κ1) is 15.5. The Kier molecular flexibility index (Phi) is 4.16. The number of aromatic nitrogens is 2. The molecule has 1 aliphatic rings. The lowest BCUT2D eigenvalue weighted by Gasteiger charge is -2.11. The molecule has 2 aromatic heterocycles. The zero-order chi connectivity index (χ0) is 16.5. The summed E-state index contributed by atoms with van der Waals surface area (Å²) in [5.41, 5.74) is 4.50. The molecule has 0 aliphatic heterocycles. The van der Waals surface area contributed by atoms with E-state index in [2.05, 4.69) is 20.5 Å². The number of rotatable bonds is 3. The molecule has 3 aromatic rings. The van der Waals surface area contributed by atoms with E-state index in [-0.39, 0.29) is 5.56 Å². The van der Waals surface area contributed by atoms with Crippen LogP contribution in [0.2, 0.25) is 5.02 Å². The van der Waals surface area contributed by atoms with Gasteiger partial charge in [0.15, 0.2) is 5.82 Å². The van der Waals surface area contributed by atoms with Crippen molar-refractivity contribution in [3.63, 3.8) is 0 Å². The molecule has 1 aromatic carbocycles. The lowest BCUT2D eigenvalue weighted by atomic mass is 9.97. The molecule has 4 rings (SSSR count). The summed E-state index contributed by atoms with van der Waals surface area (Å²) < 4.78 is 13.8. The first-order chi connectivity index (χ1) is 11.7. The number of anilines is 1. The molecule has 24 heavy (non-hydrogen) atoms. The summed E-state index contributed by atoms with van der Waals surface area (Å²) in [6.45, 7) is 0. The number of fused-ring (bicyclic) bond motifs is 3. The van der Waals surface area contributed by atoms with Crippen LogP contribution in [0, 0.1) is 5.82 Å². The van der Waals surface area contributed by atoms with Gasteiger partial charge in [-0.05, 0) is 43.4 Å². The Labute approximate surface area is 147 Å². The fourth-order valence-electron chi connectivity index (χ4n) is 2.97. The minimum atomic E-state index is -0.409. The van der Waals surface area contributed by atoms with Gasteiger partial charge in [0.25, 0.3) is 0 Å². The number of thiophene rings is 1. The fourth-order valence-corrected chi connectivity index (χ4v) is 4.41. The molecule has 4 nitrogen and oxygen atoms in total. The van der Waals surface area contributed by atoms with E-state index in [0.717, 1.165) is 23.1 Å². The molecule has 0 atom stereocenters. The van der Waals surface area contributed by atoms with Crippen LogP contribution in [0.5, 0.6) is 0 Å². The summed E-state index contributed by atoms with van der Waals surface area (Å²) in [4.78, 5) is 11.0. The van der Waals surface area contributed by atoms with Crippen LogP contribution in [0.3, 0.4) is 0 Å². The second-order valence-electron chi connectivity index (χ2n) is 5.62. The molecule has 7 heteroatoms. The Balaban J connectivity index is 1.68. The van der Waals surface area contributed by atoms with Gasteiger partial charge in [-0.1, -0.05) is 17.7 Å². The first-order valence-electron chi connectivity index (χ1n) is 7.72. The highest BCUT2D eigenvalue weighted by atomic mass is 35.5. The predicted octanol–water partition coefficient (Wildman–Crippen LogP) is 4.81. The van der Waals surface area contributed by atoms with Gasteiger partial charge in [-0.2, -0.15) is 5.10 Å². The lowest BCUT2D eigenvalue weighted by Crippen LogP contribution is -2.01. The Morgan fingerprint density at radius 2 is 2.12 bits per heavy atom. The number of nitrogens with zero attached hydrogens (tertiary/aromatic N) is 3. The van der Waals surface area contributed by atoms with Crippen molar-refractivity contribution >= 4 is 45.2 Å². The van der Waals surface area contributed by atoms with E-state index in [1.54, 1.807) is 23.5 Å². The zero-order valence-corrected chi connectivity index (χ0v) is 14.3. The Hall–Kier alpha value is -2.05. The maximum absolute atomic E-state index is 13.8. The monoisotopic (exact) mass is 360 g/mol. The second-order valence-corrected chi connectivity index (χ2v) is 7.11. The third-order valence-electron chi connectivity index (χ3n) is 4.12. The van der Waals surface area contributed by atoms with E-state index < -0.39 is 5.82 Å². The topological polar surface area (TPSA) is 50.2 Å². The van der Waals surface area contributed by atoms with Crippen molar-refractivity contribution < 1.29 is 4.39 Å². The smallest absolute Gasteiger partial charge is 0.158 e. The molecule has 0 amide bonds. The van der Waals surface area contributed by atoms with Crippen LogP contribution in [-0.4, -0.2) is 16.2 Å². The summed E-state index contributed by atoms with van der Waals surface area (Å²) >= 11 is 7.73. The SMILES string of the molecule is Fc1cccc(Cl)c1/C=N/Nc1ncnc2sc3c(c12)CCCC3. The number of hydrogen-bond acceptors (Lipinski definition) is 5. The highest BCUT2D eigenvalue weighted by Crippen LogP contribution is 2.38. The molecule has 0 unspecified atom stereocenters. The van der Waals surface area contributed by atoms with Crippen molar-refractivity contribution in [3.8, 4) is 0 Å². The van der Waals surface area contributed by atoms with Gasteiger partial charge in [0.2, 0.25) is 0 Å². The molecule has 0 fully saturated rings. The molecular formula is C17H14ClFN4S. The van der Waals surface area contributed by atoms with Crippen LogP contribution in [0.4, 0.5) is 10.2 Å². The van der Waals surface area contributed by atoms with Gasteiger partial charge in [0, 0.05) is 10.4 Å². The van der Waals surface area contributed by atoms with Crippen LogP contribution in [-0.2, 0) is 12.8 Å². The Morgan fingerprint density at radius 1 is 1.25 bits per heavy atom. The molecule has 0 bridgehead atoms. The largest absolute Gasteiger partial charge is 0.261 e. The summed E-state index contributed by atoms with van der Waals surface area (Å²) in [6, 6.07) is 4.55. The summed E-state index contributed by atoms with van der Waals surface area (Å²) in [7, 11) is 0. The molecular weight excluding hydrogens is 347 g/mol.